The van der Waals surface area contributed by atoms with Crippen LogP contribution in [0.3, 0.4) is 0 Å². The van der Waals surface area contributed by atoms with Gasteiger partial charge < -0.3 is 0 Å². The fourth-order valence-electron chi connectivity index (χ4n) is 0.362. The number of hydrogen-bond acceptors (Lipinski definition) is 2. The molecule has 2 N–H and O–H groups in total. The van der Waals surface area contributed by atoms with E-state index >= 15 is 0 Å². The van der Waals surface area contributed by atoms with Crippen LogP contribution in [0.5, 0.6) is 0 Å². The summed E-state index contributed by atoms with van der Waals surface area (Å²) in [5, 5.41) is 0. The summed E-state index contributed by atoms with van der Waals surface area (Å²) < 4.78 is 0. The van der Waals surface area contributed by atoms with Crippen molar-refractivity contribution in [2.75, 3.05) is 7.05 Å². The first-order valence-corrected chi connectivity index (χ1v) is 2.87. The van der Waals surface area contributed by atoms with E-state index in [1.165, 1.54) is 0 Å². The number of hydrazine groups is 1. The smallest absolute Gasteiger partial charge is 0.260 e. The first kappa shape index (κ1) is 8.17. The van der Waals surface area contributed by atoms with Crippen molar-refractivity contribution in [2.24, 2.45) is 0 Å². The molecule has 0 unspecified atom stereocenters. The van der Waals surface area contributed by atoms with Gasteiger partial charge in [-0.2, -0.15) is 0 Å². The molecule has 0 atom stereocenters. The number of amides is 1. The van der Waals surface area contributed by atoms with Crippen molar-refractivity contribution in [2.45, 2.75) is 13.3 Å². The normalized spacial score (nSPS) is 8.67. The van der Waals surface area contributed by atoms with Gasteiger partial charge in [-0.05, 0) is 6.42 Å². The summed E-state index contributed by atoms with van der Waals surface area (Å²) in [6.45, 7) is 5.43. The molecule has 0 spiro atoms. The van der Waals surface area contributed by atoms with Crippen LogP contribution in [0.4, 0.5) is 0 Å². The maximum Gasteiger partial charge on any atom is 0.260 e. The van der Waals surface area contributed by atoms with Gasteiger partial charge in [0.05, 0.1) is 0 Å². The third kappa shape index (κ3) is 2.87. The monoisotopic (exact) mass is 128 g/mol. The Hall–Kier alpha value is -0.830. The van der Waals surface area contributed by atoms with Crippen LogP contribution in [0, 0.1) is 0 Å². The molecule has 0 aromatic rings. The van der Waals surface area contributed by atoms with Gasteiger partial charge in [-0.1, -0.05) is 13.5 Å². The van der Waals surface area contributed by atoms with Crippen molar-refractivity contribution in [3.8, 4) is 0 Å². The lowest BCUT2D eigenvalue weighted by molar-refractivity contribution is -0.118. The molecule has 0 fully saturated rings. The number of carbonyl (C=O) groups excluding carboxylic acids is 1. The molecule has 0 aliphatic rings. The molecule has 3 nitrogen and oxygen atoms in total. The number of hydrogen-bond donors (Lipinski definition) is 2. The lowest BCUT2D eigenvalue weighted by Crippen LogP contribution is -2.34. The first-order chi connectivity index (χ1) is 4.22. The van der Waals surface area contributed by atoms with Crippen LogP contribution in [-0.2, 0) is 4.79 Å². The third-order valence-corrected chi connectivity index (χ3v) is 0.986. The third-order valence-electron chi connectivity index (χ3n) is 0.986. The summed E-state index contributed by atoms with van der Waals surface area (Å²) >= 11 is 0. The molecule has 0 saturated carbocycles. The van der Waals surface area contributed by atoms with E-state index in [0.29, 0.717) is 12.0 Å². The Kier molecular flexibility index (Phi) is 3.71. The van der Waals surface area contributed by atoms with Crippen molar-refractivity contribution in [1.82, 2.24) is 10.9 Å². The van der Waals surface area contributed by atoms with E-state index in [1.54, 1.807) is 7.05 Å². The Balaban J connectivity index is 3.60. The molecular formula is C6H12N2O. The van der Waals surface area contributed by atoms with Crippen molar-refractivity contribution in [1.29, 1.82) is 0 Å². The van der Waals surface area contributed by atoms with Crippen molar-refractivity contribution in [3.63, 3.8) is 0 Å². The van der Waals surface area contributed by atoms with Crippen LogP contribution in [0.1, 0.15) is 13.3 Å². The Bertz CT molecular complexity index is 120. The second-order valence-electron chi connectivity index (χ2n) is 1.66. The fourth-order valence-corrected chi connectivity index (χ4v) is 0.362. The number of nitrogens with one attached hydrogen (secondary N) is 2. The standard InChI is InChI=1S/C6H12N2O/c1-4-5(2)6(9)8-7-3/h7H,2,4H2,1,3H3,(H,8,9). The Morgan fingerprint density at radius 2 is 2.22 bits per heavy atom. The first-order valence-electron chi connectivity index (χ1n) is 2.87. The van der Waals surface area contributed by atoms with E-state index in [9.17, 15) is 4.79 Å². The van der Waals surface area contributed by atoms with E-state index in [4.69, 9.17) is 0 Å². The highest BCUT2D eigenvalue weighted by Gasteiger charge is 1.99. The van der Waals surface area contributed by atoms with E-state index in [2.05, 4.69) is 17.4 Å². The predicted octanol–water partition coefficient (Wildman–Crippen LogP) is 0.203. The molecule has 1 amide bonds. The second-order valence-corrected chi connectivity index (χ2v) is 1.66. The van der Waals surface area contributed by atoms with Gasteiger partial charge in [0.1, 0.15) is 0 Å². The molecule has 9 heavy (non-hydrogen) atoms. The second kappa shape index (κ2) is 4.09. The maximum absolute atomic E-state index is 10.7. The largest absolute Gasteiger partial charge is 0.288 e. The molecule has 0 radical (unpaired) electrons. The van der Waals surface area contributed by atoms with Crippen molar-refractivity contribution < 1.29 is 4.79 Å². The Morgan fingerprint density at radius 1 is 1.67 bits per heavy atom. The zero-order valence-electron chi connectivity index (χ0n) is 5.82. The molecule has 0 rings (SSSR count). The van der Waals surface area contributed by atoms with Crippen molar-refractivity contribution in [3.05, 3.63) is 12.2 Å². The minimum Gasteiger partial charge on any atom is -0.288 e. The highest BCUT2D eigenvalue weighted by molar-refractivity contribution is 5.92. The summed E-state index contributed by atoms with van der Waals surface area (Å²) in [7, 11) is 1.64. The highest BCUT2D eigenvalue weighted by Crippen LogP contribution is 1.93. The summed E-state index contributed by atoms with van der Waals surface area (Å²) in [5.41, 5.74) is 5.52. The summed E-state index contributed by atoms with van der Waals surface area (Å²) in [6, 6.07) is 0. The van der Waals surface area contributed by atoms with Gasteiger partial charge in [0, 0.05) is 12.6 Å². The zero-order chi connectivity index (χ0) is 7.28. The summed E-state index contributed by atoms with van der Waals surface area (Å²) in [6.07, 6.45) is 0.688. The lowest BCUT2D eigenvalue weighted by atomic mass is 10.2. The maximum atomic E-state index is 10.7. The average Bonchev–Trinajstić information content (AvgIpc) is 1.87. The summed E-state index contributed by atoms with van der Waals surface area (Å²) in [4.78, 5) is 10.7. The van der Waals surface area contributed by atoms with Crippen LogP contribution in [0.2, 0.25) is 0 Å². The van der Waals surface area contributed by atoms with Gasteiger partial charge >= 0.3 is 0 Å². The Labute approximate surface area is 55.1 Å². The molecule has 3 heteroatoms. The number of carbonyl (C=O) groups is 1. The van der Waals surface area contributed by atoms with Gasteiger partial charge in [-0.15, -0.1) is 0 Å². The van der Waals surface area contributed by atoms with Gasteiger partial charge in [0.15, 0.2) is 0 Å². The molecule has 0 aliphatic heterocycles. The van der Waals surface area contributed by atoms with Gasteiger partial charge in [-0.25, -0.2) is 5.43 Å². The SMILES string of the molecule is C=C(CC)C(=O)NNC. The van der Waals surface area contributed by atoms with Crippen LogP contribution < -0.4 is 10.9 Å². The van der Waals surface area contributed by atoms with Gasteiger partial charge in [0.25, 0.3) is 5.91 Å². The van der Waals surface area contributed by atoms with Crippen LogP contribution in [-0.4, -0.2) is 13.0 Å². The molecule has 0 bridgehead atoms. The van der Waals surface area contributed by atoms with Crippen LogP contribution in [0.25, 0.3) is 0 Å². The molecule has 0 aromatic carbocycles. The number of rotatable bonds is 3. The van der Waals surface area contributed by atoms with E-state index < -0.39 is 0 Å². The van der Waals surface area contributed by atoms with Crippen molar-refractivity contribution >= 4 is 5.91 Å². The zero-order valence-corrected chi connectivity index (χ0v) is 5.82. The minimum atomic E-state index is -0.139. The quantitative estimate of drug-likeness (QED) is 0.421. The lowest BCUT2D eigenvalue weighted by Gasteiger charge is -2.01. The molecular weight excluding hydrogens is 116 g/mol. The Morgan fingerprint density at radius 3 is 2.56 bits per heavy atom. The van der Waals surface area contributed by atoms with Gasteiger partial charge in [-0.3, -0.25) is 10.2 Å². The van der Waals surface area contributed by atoms with Crippen LogP contribution >= 0.6 is 0 Å². The van der Waals surface area contributed by atoms with Crippen LogP contribution in [0.15, 0.2) is 12.2 Å². The minimum absolute atomic E-state index is 0.139. The van der Waals surface area contributed by atoms with E-state index in [1.807, 2.05) is 6.92 Å². The molecule has 52 valence electrons. The van der Waals surface area contributed by atoms with Gasteiger partial charge in [0.2, 0.25) is 0 Å². The molecule has 0 saturated heterocycles. The molecule has 0 aliphatic carbocycles. The molecule has 0 aromatic heterocycles. The highest BCUT2D eigenvalue weighted by atomic mass is 16.2. The molecule has 0 heterocycles. The summed E-state index contributed by atoms with van der Waals surface area (Å²) in [5.74, 6) is -0.139. The van der Waals surface area contributed by atoms with E-state index in [0.717, 1.165) is 0 Å². The predicted molar refractivity (Wildman–Crippen MR) is 36.6 cm³/mol. The topological polar surface area (TPSA) is 41.1 Å². The fraction of sp³-hybridized carbons (Fsp3) is 0.500. The average molecular weight is 128 g/mol. The van der Waals surface area contributed by atoms with E-state index in [-0.39, 0.29) is 5.91 Å².